The highest BCUT2D eigenvalue weighted by atomic mass is 32.2. The van der Waals surface area contributed by atoms with Crippen LogP contribution in [0, 0.1) is 17.2 Å². The van der Waals surface area contributed by atoms with Crippen molar-refractivity contribution >= 4 is 39.5 Å². The van der Waals surface area contributed by atoms with E-state index in [1.165, 1.54) is 17.3 Å². The predicted molar refractivity (Wildman–Crippen MR) is 98.9 cm³/mol. The second kappa shape index (κ2) is 7.41. The van der Waals surface area contributed by atoms with Gasteiger partial charge in [0.25, 0.3) is 0 Å². The van der Waals surface area contributed by atoms with Gasteiger partial charge in [0.2, 0.25) is 5.91 Å². The fourth-order valence-corrected chi connectivity index (χ4v) is 4.12. The molecule has 1 N–H and O–H groups in total. The Hall–Kier alpha value is -1.45. The highest BCUT2D eigenvalue weighted by Crippen LogP contribution is 2.35. The Labute approximate surface area is 146 Å². The highest BCUT2D eigenvalue weighted by Gasteiger charge is 2.32. The standard InChI is InChI=1S/C17H21N3OS2/c1-11(2)17(4,10-18)20-15(21)12(3)23-16-19-14-8-6-5-7-13(14)9-22-16/h5-8,11-12H,9H2,1-4H3,(H,20,21)/t12-,17+/m1/s1. The van der Waals surface area contributed by atoms with Crippen LogP contribution in [0.25, 0.3) is 0 Å². The number of carbonyl (C=O) groups is 1. The number of thioether (sulfide) groups is 2. The van der Waals surface area contributed by atoms with E-state index in [1.54, 1.807) is 18.7 Å². The maximum absolute atomic E-state index is 12.4. The first-order valence-electron chi connectivity index (χ1n) is 7.55. The van der Waals surface area contributed by atoms with E-state index in [-0.39, 0.29) is 17.1 Å². The third-order valence-electron chi connectivity index (χ3n) is 3.97. The fraction of sp³-hybridized carbons (Fsp3) is 0.471. The SMILES string of the molecule is CC(C)[C@](C)(C#N)NC(=O)[C@@H](C)SC1=Nc2ccccc2CS1. The molecule has 0 unspecified atom stereocenters. The summed E-state index contributed by atoms with van der Waals surface area (Å²) in [6.07, 6.45) is 0. The number of amides is 1. The lowest BCUT2D eigenvalue weighted by molar-refractivity contribution is -0.121. The Kier molecular flexibility index (Phi) is 5.77. The summed E-state index contributed by atoms with van der Waals surface area (Å²) in [4.78, 5) is 17.0. The zero-order valence-electron chi connectivity index (χ0n) is 13.8. The van der Waals surface area contributed by atoms with Crippen LogP contribution < -0.4 is 5.32 Å². The van der Waals surface area contributed by atoms with Crippen molar-refractivity contribution < 1.29 is 4.79 Å². The smallest absolute Gasteiger partial charge is 0.234 e. The van der Waals surface area contributed by atoms with Crippen LogP contribution >= 0.6 is 23.5 Å². The van der Waals surface area contributed by atoms with Crippen LogP contribution in [0.3, 0.4) is 0 Å². The zero-order valence-corrected chi connectivity index (χ0v) is 15.4. The van der Waals surface area contributed by atoms with Gasteiger partial charge in [-0.25, -0.2) is 4.99 Å². The molecule has 2 rings (SSSR count). The largest absolute Gasteiger partial charge is 0.337 e. The van der Waals surface area contributed by atoms with E-state index in [0.717, 1.165) is 15.8 Å². The van der Waals surface area contributed by atoms with E-state index in [9.17, 15) is 10.1 Å². The number of benzene rings is 1. The molecule has 0 radical (unpaired) electrons. The molecule has 1 aliphatic heterocycles. The van der Waals surface area contributed by atoms with Gasteiger partial charge in [-0.2, -0.15) is 5.26 Å². The van der Waals surface area contributed by atoms with E-state index in [1.807, 2.05) is 39.0 Å². The maximum Gasteiger partial charge on any atom is 0.234 e. The summed E-state index contributed by atoms with van der Waals surface area (Å²) >= 11 is 3.10. The Morgan fingerprint density at radius 2 is 2.13 bits per heavy atom. The molecule has 6 heteroatoms. The molecule has 0 bridgehead atoms. The van der Waals surface area contributed by atoms with Gasteiger partial charge in [-0.3, -0.25) is 4.79 Å². The number of hydrogen-bond acceptors (Lipinski definition) is 5. The van der Waals surface area contributed by atoms with Crippen molar-refractivity contribution in [2.24, 2.45) is 10.9 Å². The first-order chi connectivity index (χ1) is 10.9. The fourth-order valence-electron chi connectivity index (χ4n) is 1.94. The van der Waals surface area contributed by atoms with Gasteiger partial charge in [0.05, 0.1) is 17.0 Å². The maximum atomic E-state index is 12.4. The number of nitrogens with one attached hydrogen (secondary N) is 1. The molecule has 1 amide bonds. The minimum Gasteiger partial charge on any atom is -0.337 e. The number of nitriles is 1. The highest BCUT2D eigenvalue weighted by molar-refractivity contribution is 8.39. The normalized spacial score (nSPS) is 17.5. The molecule has 0 spiro atoms. The summed E-state index contributed by atoms with van der Waals surface area (Å²) in [7, 11) is 0. The van der Waals surface area contributed by atoms with Crippen LogP contribution in [0.2, 0.25) is 0 Å². The molecule has 0 fully saturated rings. The van der Waals surface area contributed by atoms with Gasteiger partial charge < -0.3 is 5.32 Å². The van der Waals surface area contributed by atoms with Crippen LogP contribution in [0.5, 0.6) is 0 Å². The lowest BCUT2D eigenvalue weighted by Gasteiger charge is -2.28. The molecule has 4 nitrogen and oxygen atoms in total. The van der Waals surface area contributed by atoms with Crippen LogP contribution in [0.15, 0.2) is 29.3 Å². The molecule has 122 valence electrons. The van der Waals surface area contributed by atoms with Crippen molar-refractivity contribution in [3.63, 3.8) is 0 Å². The molecule has 1 aliphatic rings. The summed E-state index contributed by atoms with van der Waals surface area (Å²) in [5, 5.41) is 11.9. The van der Waals surface area contributed by atoms with Crippen molar-refractivity contribution in [2.75, 3.05) is 0 Å². The molecule has 2 atom stereocenters. The Morgan fingerprint density at radius 1 is 1.43 bits per heavy atom. The zero-order chi connectivity index (χ0) is 17.0. The van der Waals surface area contributed by atoms with Gasteiger partial charge in [-0.05, 0) is 31.4 Å². The molecular weight excluding hydrogens is 326 g/mol. The molecule has 1 aromatic carbocycles. The third kappa shape index (κ3) is 4.30. The number of hydrogen-bond donors (Lipinski definition) is 1. The molecule has 1 aromatic rings. The molecule has 0 saturated carbocycles. The molecule has 1 heterocycles. The lowest BCUT2D eigenvalue weighted by atomic mass is 9.90. The van der Waals surface area contributed by atoms with Crippen molar-refractivity contribution in [3.8, 4) is 6.07 Å². The van der Waals surface area contributed by atoms with Gasteiger partial charge in [0, 0.05) is 5.75 Å². The number of aliphatic imine (C=N–C) groups is 1. The van der Waals surface area contributed by atoms with Gasteiger partial charge >= 0.3 is 0 Å². The minimum absolute atomic E-state index is 0.0434. The number of fused-ring (bicyclic) bond motifs is 1. The van der Waals surface area contributed by atoms with E-state index in [4.69, 9.17) is 0 Å². The average molecular weight is 348 g/mol. The molecule has 0 aromatic heterocycles. The van der Waals surface area contributed by atoms with Crippen LogP contribution in [-0.2, 0) is 10.5 Å². The molecular formula is C17H21N3OS2. The summed E-state index contributed by atoms with van der Waals surface area (Å²) in [6, 6.07) is 10.3. The third-order valence-corrected chi connectivity index (χ3v) is 6.27. The van der Waals surface area contributed by atoms with Crippen molar-refractivity contribution in [1.29, 1.82) is 5.26 Å². The van der Waals surface area contributed by atoms with E-state index >= 15 is 0 Å². The van der Waals surface area contributed by atoms with Crippen molar-refractivity contribution in [2.45, 2.75) is 44.2 Å². The van der Waals surface area contributed by atoms with E-state index < -0.39 is 5.54 Å². The first kappa shape index (κ1) is 17.9. The summed E-state index contributed by atoms with van der Waals surface area (Å²) in [5.41, 5.74) is 1.35. The summed E-state index contributed by atoms with van der Waals surface area (Å²) in [5.74, 6) is 0.787. The van der Waals surface area contributed by atoms with Gasteiger partial charge in [-0.15, -0.1) is 0 Å². The van der Waals surface area contributed by atoms with Gasteiger partial charge in [0.15, 0.2) is 0 Å². The number of nitrogens with zero attached hydrogens (tertiary/aromatic N) is 2. The average Bonchev–Trinajstić information content (AvgIpc) is 2.54. The molecule has 23 heavy (non-hydrogen) atoms. The Balaban J connectivity index is 2.03. The molecule has 0 aliphatic carbocycles. The summed E-state index contributed by atoms with van der Waals surface area (Å²) < 4.78 is 0.898. The first-order valence-corrected chi connectivity index (χ1v) is 9.41. The topological polar surface area (TPSA) is 65.2 Å². The van der Waals surface area contributed by atoms with Crippen LogP contribution in [0.1, 0.15) is 33.3 Å². The van der Waals surface area contributed by atoms with E-state index in [2.05, 4.69) is 22.4 Å². The molecule has 0 saturated heterocycles. The monoisotopic (exact) mass is 347 g/mol. The van der Waals surface area contributed by atoms with Gasteiger partial charge in [0.1, 0.15) is 9.91 Å². The Bertz CT molecular complexity index is 666. The quantitative estimate of drug-likeness (QED) is 0.890. The predicted octanol–water partition coefficient (Wildman–Crippen LogP) is 4.10. The number of carbonyl (C=O) groups excluding carboxylic acids is 1. The number of para-hydroxylation sites is 1. The minimum atomic E-state index is -0.847. The second-order valence-corrected chi connectivity index (χ2v) is 8.57. The Morgan fingerprint density at radius 3 is 2.78 bits per heavy atom. The van der Waals surface area contributed by atoms with Crippen LogP contribution in [0.4, 0.5) is 5.69 Å². The lowest BCUT2D eigenvalue weighted by Crippen LogP contribution is -2.51. The second-order valence-electron chi connectivity index (χ2n) is 6.01. The van der Waals surface area contributed by atoms with Crippen molar-refractivity contribution in [1.82, 2.24) is 5.32 Å². The van der Waals surface area contributed by atoms with Crippen molar-refractivity contribution in [3.05, 3.63) is 29.8 Å². The summed E-state index contributed by atoms with van der Waals surface area (Å²) in [6.45, 7) is 7.47. The van der Waals surface area contributed by atoms with E-state index in [0.29, 0.717) is 0 Å². The van der Waals surface area contributed by atoms with Crippen LogP contribution in [-0.4, -0.2) is 21.1 Å². The van der Waals surface area contributed by atoms with Gasteiger partial charge in [-0.1, -0.05) is 55.6 Å². The number of rotatable bonds is 4.